The fourth-order valence-electron chi connectivity index (χ4n) is 2.80. The smallest absolute Gasteiger partial charge is 0.226 e. The van der Waals surface area contributed by atoms with Gasteiger partial charge in [-0.25, -0.2) is 9.97 Å². The molecule has 0 fully saturated rings. The molecule has 3 aromatic heterocycles. The van der Waals surface area contributed by atoms with Gasteiger partial charge >= 0.3 is 0 Å². The van der Waals surface area contributed by atoms with Crippen molar-refractivity contribution in [2.75, 3.05) is 5.32 Å². The average Bonchev–Trinajstić information content (AvgIpc) is 3.43. The molecule has 8 nitrogen and oxygen atoms in total. The van der Waals surface area contributed by atoms with E-state index >= 15 is 0 Å². The lowest BCUT2D eigenvalue weighted by Crippen LogP contribution is -2.18. The number of hydrogen-bond donors (Lipinski definition) is 3. The van der Waals surface area contributed by atoms with Gasteiger partial charge in [-0.05, 0) is 24.3 Å². The van der Waals surface area contributed by atoms with Crippen molar-refractivity contribution in [3.63, 3.8) is 0 Å². The second-order valence-electron chi connectivity index (χ2n) is 6.46. The summed E-state index contributed by atoms with van der Waals surface area (Å²) in [7, 11) is 0. The summed E-state index contributed by atoms with van der Waals surface area (Å²) in [5.41, 5.74) is 2.49. The maximum absolute atomic E-state index is 12.3. The zero-order chi connectivity index (χ0) is 20.2. The fourth-order valence-corrected chi connectivity index (χ4v) is 3.52. The van der Waals surface area contributed by atoms with Crippen molar-refractivity contribution in [1.82, 2.24) is 20.3 Å². The number of thiazole rings is 1. The number of furan rings is 1. The Kier molecular flexibility index (Phi) is 5.39. The molecule has 29 heavy (non-hydrogen) atoms. The second-order valence-corrected chi connectivity index (χ2v) is 7.32. The van der Waals surface area contributed by atoms with Crippen LogP contribution >= 0.6 is 11.3 Å². The Morgan fingerprint density at radius 2 is 2.03 bits per heavy atom. The van der Waals surface area contributed by atoms with Crippen LogP contribution in [0.2, 0.25) is 0 Å². The highest BCUT2D eigenvalue weighted by Gasteiger charge is 2.12. The van der Waals surface area contributed by atoms with Crippen LogP contribution < -0.4 is 10.6 Å². The topological polar surface area (TPSA) is 113 Å². The van der Waals surface area contributed by atoms with Gasteiger partial charge in [-0.3, -0.25) is 9.59 Å². The van der Waals surface area contributed by atoms with E-state index in [-0.39, 0.29) is 11.8 Å². The van der Waals surface area contributed by atoms with Crippen molar-refractivity contribution in [3.8, 4) is 11.5 Å². The first-order valence-electron chi connectivity index (χ1n) is 9.09. The minimum atomic E-state index is -0.128. The molecular weight excluding hydrogens is 390 g/mol. The molecule has 0 aliphatic heterocycles. The Bertz CT molecular complexity index is 1130. The number of para-hydroxylation sites is 2. The number of carbonyl (C=O) groups excluding carboxylic acids is 2. The monoisotopic (exact) mass is 409 g/mol. The van der Waals surface area contributed by atoms with Crippen molar-refractivity contribution >= 4 is 39.3 Å². The quantitative estimate of drug-likeness (QED) is 0.432. The number of amides is 2. The molecule has 0 aliphatic carbocycles. The van der Waals surface area contributed by atoms with E-state index < -0.39 is 0 Å². The van der Waals surface area contributed by atoms with E-state index in [0.29, 0.717) is 41.7 Å². The number of anilines is 1. The number of aryl methyl sites for hydroxylation is 1. The Morgan fingerprint density at radius 1 is 1.17 bits per heavy atom. The summed E-state index contributed by atoms with van der Waals surface area (Å²) >= 11 is 1.33. The number of carbonyl (C=O) groups is 2. The summed E-state index contributed by atoms with van der Waals surface area (Å²) in [5.74, 6) is 1.76. The standard InChI is InChI=1S/C20H19N5O3S/c1-12(26)21-10-13-6-7-17(28-13)16-11-29-20(24-16)25-19(27)9-8-18-22-14-4-2-3-5-15(14)23-18/h2-7,11H,8-10H2,1H3,(H,21,26)(H,22,23)(H,24,25,27). The normalized spacial score (nSPS) is 10.9. The average molecular weight is 409 g/mol. The van der Waals surface area contributed by atoms with Gasteiger partial charge in [0.25, 0.3) is 0 Å². The van der Waals surface area contributed by atoms with Crippen LogP contribution in [-0.2, 0) is 22.6 Å². The number of nitrogens with one attached hydrogen (secondary N) is 3. The maximum Gasteiger partial charge on any atom is 0.226 e. The van der Waals surface area contributed by atoms with Gasteiger partial charge < -0.3 is 20.0 Å². The van der Waals surface area contributed by atoms with E-state index in [2.05, 4.69) is 25.6 Å². The minimum Gasteiger partial charge on any atom is -0.458 e. The highest BCUT2D eigenvalue weighted by molar-refractivity contribution is 7.14. The predicted octanol–water partition coefficient (Wildman–Crippen LogP) is 3.49. The van der Waals surface area contributed by atoms with Gasteiger partial charge in [0, 0.05) is 25.1 Å². The minimum absolute atomic E-state index is 0.121. The molecule has 0 unspecified atom stereocenters. The number of fused-ring (bicyclic) bond motifs is 1. The summed E-state index contributed by atoms with van der Waals surface area (Å²) in [6.45, 7) is 1.78. The lowest BCUT2D eigenvalue weighted by Gasteiger charge is -2.00. The first-order valence-corrected chi connectivity index (χ1v) is 9.97. The number of rotatable bonds is 7. The molecule has 3 heterocycles. The summed E-state index contributed by atoms with van der Waals surface area (Å²) in [4.78, 5) is 35.3. The van der Waals surface area contributed by atoms with Gasteiger partial charge in [0.05, 0.1) is 17.6 Å². The molecule has 0 radical (unpaired) electrons. The van der Waals surface area contributed by atoms with Crippen LogP contribution in [0.25, 0.3) is 22.5 Å². The molecule has 3 N–H and O–H groups in total. The van der Waals surface area contributed by atoms with Crippen LogP contribution in [0, 0.1) is 0 Å². The zero-order valence-corrected chi connectivity index (χ0v) is 16.5. The van der Waals surface area contributed by atoms with E-state index in [0.717, 1.165) is 16.9 Å². The Morgan fingerprint density at radius 3 is 2.86 bits per heavy atom. The Labute approximate surface area is 170 Å². The van der Waals surface area contributed by atoms with E-state index in [1.54, 1.807) is 12.1 Å². The summed E-state index contributed by atoms with van der Waals surface area (Å²) in [6, 6.07) is 11.3. The van der Waals surface area contributed by atoms with Crippen LogP contribution in [0.5, 0.6) is 0 Å². The third kappa shape index (κ3) is 4.69. The summed E-state index contributed by atoms with van der Waals surface area (Å²) < 4.78 is 5.68. The van der Waals surface area contributed by atoms with Gasteiger partial charge in [0.15, 0.2) is 10.9 Å². The van der Waals surface area contributed by atoms with Crippen molar-refractivity contribution in [1.29, 1.82) is 0 Å². The van der Waals surface area contributed by atoms with Crippen LogP contribution in [-0.4, -0.2) is 26.8 Å². The van der Waals surface area contributed by atoms with E-state index in [4.69, 9.17) is 4.42 Å². The molecule has 0 spiro atoms. The van der Waals surface area contributed by atoms with E-state index in [1.807, 2.05) is 29.6 Å². The third-order valence-corrected chi connectivity index (χ3v) is 4.96. The third-order valence-electron chi connectivity index (χ3n) is 4.20. The number of nitrogens with zero attached hydrogens (tertiary/aromatic N) is 2. The molecule has 148 valence electrons. The number of hydrogen-bond acceptors (Lipinski definition) is 6. The molecule has 9 heteroatoms. The largest absolute Gasteiger partial charge is 0.458 e. The van der Waals surface area contributed by atoms with Crippen LogP contribution in [0.1, 0.15) is 24.9 Å². The number of aromatic amines is 1. The molecular formula is C20H19N5O3S. The molecule has 0 saturated heterocycles. The molecule has 0 bridgehead atoms. The van der Waals surface area contributed by atoms with Gasteiger partial charge in [-0.1, -0.05) is 12.1 Å². The number of aromatic nitrogens is 3. The maximum atomic E-state index is 12.3. The Hall–Kier alpha value is -3.46. The van der Waals surface area contributed by atoms with Gasteiger partial charge in [-0.15, -0.1) is 11.3 Å². The molecule has 0 saturated carbocycles. The molecule has 1 aromatic carbocycles. The van der Waals surface area contributed by atoms with Crippen LogP contribution in [0.15, 0.2) is 46.2 Å². The fraction of sp³-hybridized carbons (Fsp3) is 0.200. The highest BCUT2D eigenvalue weighted by Crippen LogP contribution is 2.26. The van der Waals surface area contributed by atoms with Crippen LogP contribution in [0.3, 0.4) is 0 Å². The van der Waals surface area contributed by atoms with E-state index in [1.165, 1.54) is 18.3 Å². The molecule has 4 rings (SSSR count). The molecule has 0 aliphatic rings. The number of imidazole rings is 1. The van der Waals surface area contributed by atoms with Gasteiger partial charge in [-0.2, -0.15) is 0 Å². The summed E-state index contributed by atoms with van der Waals surface area (Å²) in [6.07, 6.45) is 0.819. The SMILES string of the molecule is CC(=O)NCc1ccc(-c2csc(NC(=O)CCc3nc4ccccc4[nH]3)n2)o1. The van der Waals surface area contributed by atoms with Crippen molar-refractivity contribution in [2.24, 2.45) is 0 Å². The van der Waals surface area contributed by atoms with Crippen molar-refractivity contribution in [3.05, 3.63) is 53.4 Å². The van der Waals surface area contributed by atoms with Gasteiger partial charge in [0.2, 0.25) is 11.8 Å². The lowest BCUT2D eigenvalue weighted by molar-refractivity contribution is -0.119. The van der Waals surface area contributed by atoms with Crippen molar-refractivity contribution in [2.45, 2.75) is 26.3 Å². The highest BCUT2D eigenvalue weighted by atomic mass is 32.1. The van der Waals surface area contributed by atoms with E-state index in [9.17, 15) is 9.59 Å². The second kappa shape index (κ2) is 8.27. The lowest BCUT2D eigenvalue weighted by atomic mass is 10.3. The van der Waals surface area contributed by atoms with Gasteiger partial charge in [0.1, 0.15) is 17.3 Å². The Balaban J connectivity index is 1.32. The number of benzene rings is 1. The molecule has 2 amide bonds. The first kappa shape index (κ1) is 18.9. The van der Waals surface area contributed by atoms with Crippen LogP contribution in [0.4, 0.5) is 5.13 Å². The molecule has 4 aromatic rings. The van der Waals surface area contributed by atoms with Crippen molar-refractivity contribution < 1.29 is 14.0 Å². The first-order chi connectivity index (χ1) is 14.1. The number of H-pyrrole nitrogens is 1. The zero-order valence-electron chi connectivity index (χ0n) is 15.7. The molecule has 0 atom stereocenters. The predicted molar refractivity (Wildman–Crippen MR) is 110 cm³/mol. The summed E-state index contributed by atoms with van der Waals surface area (Å²) in [5, 5.41) is 7.81.